The van der Waals surface area contributed by atoms with Gasteiger partial charge in [0, 0.05) is 17.5 Å². The first-order chi connectivity index (χ1) is 15.0. The molecule has 3 heterocycles. The van der Waals surface area contributed by atoms with Crippen molar-refractivity contribution in [1.29, 1.82) is 0 Å². The van der Waals surface area contributed by atoms with Gasteiger partial charge in [-0.1, -0.05) is 30.0 Å². The smallest absolute Gasteiger partial charge is 0.323 e. The molecule has 31 heavy (non-hydrogen) atoms. The number of carbonyl (C=O) groups is 3. The lowest BCUT2D eigenvalue weighted by Gasteiger charge is -2.26. The molecule has 3 aromatic rings. The van der Waals surface area contributed by atoms with E-state index in [2.05, 4.69) is 32.7 Å². The predicted octanol–water partition coefficient (Wildman–Crippen LogP) is 1.16. The van der Waals surface area contributed by atoms with Crippen molar-refractivity contribution >= 4 is 28.7 Å². The molecular formula is C22H17N5O4. The lowest BCUT2D eigenvalue weighted by molar-refractivity contribution is -0.122. The molecule has 0 unspecified atom stereocenters. The van der Waals surface area contributed by atoms with E-state index in [1.807, 2.05) is 18.2 Å². The van der Waals surface area contributed by atoms with Gasteiger partial charge in [-0.05, 0) is 23.8 Å². The van der Waals surface area contributed by atoms with Crippen LogP contribution in [0.4, 0.5) is 4.79 Å². The number of aromatic amines is 1. The molecule has 1 aromatic heterocycles. The summed E-state index contributed by atoms with van der Waals surface area (Å²) in [6.07, 6.45) is 1.68. The maximum absolute atomic E-state index is 13.0. The third-order valence-electron chi connectivity index (χ3n) is 5.45. The summed E-state index contributed by atoms with van der Waals surface area (Å²) in [6.45, 7) is 0.216. The number of hydrogen-bond acceptors (Lipinski definition) is 5. The second-order valence-electron chi connectivity index (χ2n) is 7.39. The largest absolute Gasteiger partial charge is 0.497 e. The van der Waals surface area contributed by atoms with Crippen LogP contribution in [-0.2, 0) is 11.3 Å². The summed E-state index contributed by atoms with van der Waals surface area (Å²) >= 11 is 0. The third-order valence-corrected chi connectivity index (χ3v) is 5.45. The number of urea groups is 1. The number of fused-ring (bicyclic) bond motifs is 2. The van der Waals surface area contributed by atoms with Crippen LogP contribution < -0.4 is 15.4 Å². The molecule has 1 saturated heterocycles. The Morgan fingerprint density at radius 3 is 2.87 bits per heavy atom. The van der Waals surface area contributed by atoms with Gasteiger partial charge in [-0.3, -0.25) is 20.0 Å². The van der Waals surface area contributed by atoms with Gasteiger partial charge >= 0.3 is 6.03 Å². The first kappa shape index (κ1) is 18.7. The second kappa shape index (κ2) is 6.88. The van der Waals surface area contributed by atoms with Gasteiger partial charge in [0.15, 0.2) is 0 Å². The van der Waals surface area contributed by atoms with E-state index in [4.69, 9.17) is 4.74 Å². The Bertz CT molecular complexity index is 1320. The molecule has 0 spiro atoms. The molecule has 5 rings (SSSR count). The minimum Gasteiger partial charge on any atom is -0.497 e. The summed E-state index contributed by atoms with van der Waals surface area (Å²) in [5.41, 5.74) is 1.12. The minimum absolute atomic E-state index is 0.0909. The predicted molar refractivity (Wildman–Crippen MR) is 110 cm³/mol. The molecule has 3 N–H and O–H groups in total. The Morgan fingerprint density at radius 2 is 2.10 bits per heavy atom. The number of nitrogens with one attached hydrogen (secondary N) is 3. The molecule has 9 nitrogen and oxygen atoms in total. The molecule has 2 aliphatic rings. The number of rotatable bonds is 3. The molecule has 9 heteroatoms. The molecule has 2 aliphatic heterocycles. The first-order valence-corrected chi connectivity index (χ1v) is 9.54. The normalized spacial score (nSPS) is 19.6. The highest BCUT2D eigenvalue weighted by Crippen LogP contribution is 2.28. The number of para-hydroxylation sites is 1. The van der Waals surface area contributed by atoms with Crippen LogP contribution in [0.5, 0.6) is 5.75 Å². The summed E-state index contributed by atoms with van der Waals surface area (Å²) in [6, 6.07) is 10.1. The second-order valence-corrected chi connectivity index (χ2v) is 7.39. The Hall–Kier alpha value is -4.32. The summed E-state index contributed by atoms with van der Waals surface area (Å²) in [7, 11) is 1.53. The van der Waals surface area contributed by atoms with E-state index in [1.165, 1.54) is 12.0 Å². The zero-order valence-electron chi connectivity index (χ0n) is 16.5. The minimum atomic E-state index is -1.57. The van der Waals surface area contributed by atoms with E-state index in [1.54, 1.807) is 24.4 Å². The molecule has 4 amide bonds. The maximum atomic E-state index is 13.0. The number of amides is 4. The van der Waals surface area contributed by atoms with Gasteiger partial charge in [-0.2, -0.15) is 5.10 Å². The lowest BCUT2D eigenvalue weighted by Crippen LogP contribution is -2.54. The number of aromatic nitrogens is 2. The fraction of sp³-hybridized carbons (Fsp3) is 0.182. The van der Waals surface area contributed by atoms with E-state index in [0.29, 0.717) is 23.4 Å². The van der Waals surface area contributed by atoms with Crippen molar-refractivity contribution in [1.82, 2.24) is 25.7 Å². The zero-order chi connectivity index (χ0) is 21.6. The van der Waals surface area contributed by atoms with Crippen molar-refractivity contribution < 1.29 is 19.1 Å². The number of benzene rings is 2. The van der Waals surface area contributed by atoms with Gasteiger partial charge in [0.05, 0.1) is 30.9 Å². The fourth-order valence-electron chi connectivity index (χ4n) is 3.86. The molecule has 1 fully saturated rings. The van der Waals surface area contributed by atoms with E-state index in [0.717, 1.165) is 16.5 Å². The Balaban J connectivity index is 1.50. The third kappa shape index (κ3) is 3.05. The number of carbonyl (C=O) groups excluding carboxylic acids is 3. The van der Waals surface area contributed by atoms with E-state index in [9.17, 15) is 14.4 Å². The van der Waals surface area contributed by atoms with Crippen LogP contribution in [0.1, 0.15) is 21.5 Å². The average Bonchev–Trinajstić information content (AvgIpc) is 3.43. The van der Waals surface area contributed by atoms with Crippen molar-refractivity contribution in [3.8, 4) is 17.6 Å². The van der Waals surface area contributed by atoms with Gasteiger partial charge in [0.1, 0.15) is 5.75 Å². The highest BCUT2D eigenvalue weighted by Gasteiger charge is 2.48. The Labute approximate surface area is 176 Å². The molecular weight excluding hydrogens is 398 g/mol. The van der Waals surface area contributed by atoms with Crippen LogP contribution in [0.3, 0.4) is 0 Å². The number of methoxy groups -OCH3 is 1. The summed E-state index contributed by atoms with van der Waals surface area (Å²) in [5, 5.41) is 12.6. The van der Waals surface area contributed by atoms with E-state index in [-0.39, 0.29) is 12.5 Å². The molecule has 2 aromatic carbocycles. The van der Waals surface area contributed by atoms with Crippen LogP contribution in [-0.4, -0.2) is 52.1 Å². The zero-order valence-corrected chi connectivity index (χ0v) is 16.5. The van der Waals surface area contributed by atoms with Crippen molar-refractivity contribution in [2.45, 2.75) is 12.1 Å². The first-order valence-electron chi connectivity index (χ1n) is 9.54. The van der Waals surface area contributed by atoms with Gasteiger partial charge in [0.25, 0.3) is 11.8 Å². The van der Waals surface area contributed by atoms with Crippen LogP contribution in [0, 0.1) is 11.8 Å². The van der Waals surface area contributed by atoms with E-state index >= 15 is 0 Å². The monoisotopic (exact) mass is 415 g/mol. The van der Waals surface area contributed by atoms with Crippen molar-refractivity contribution in [3.63, 3.8) is 0 Å². The van der Waals surface area contributed by atoms with Gasteiger partial charge < -0.3 is 15.0 Å². The molecule has 154 valence electrons. The highest BCUT2D eigenvalue weighted by atomic mass is 16.5. The average molecular weight is 415 g/mol. The number of hydrogen-bond donors (Lipinski definition) is 3. The van der Waals surface area contributed by atoms with Crippen LogP contribution >= 0.6 is 0 Å². The van der Waals surface area contributed by atoms with E-state index < -0.39 is 17.5 Å². The molecule has 0 radical (unpaired) electrons. The topological polar surface area (TPSA) is 116 Å². The Kier molecular flexibility index (Phi) is 4.15. The standard InChI is InChI=1S/C22H17N5O4/c1-31-16-6-5-15-11-27(19(28)17(15)9-16)12-22(20(29)24-21(30)25-22)8-7-13-3-2-4-14-10-23-26-18(13)14/h2-6,9-10H,11-12H2,1H3,(H,23,26)(H2,24,25,29,30)/t22-/m1/s1. The maximum Gasteiger partial charge on any atom is 0.323 e. The number of H-pyrrole nitrogens is 1. The van der Waals surface area contributed by atoms with Crippen molar-refractivity contribution in [3.05, 3.63) is 59.3 Å². The van der Waals surface area contributed by atoms with Gasteiger partial charge in [0.2, 0.25) is 5.54 Å². The molecule has 0 saturated carbocycles. The summed E-state index contributed by atoms with van der Waals surface area (Å²) < 4.78 is 5.20. The summed E-state index contributed by atoms with van der Waals surface area (Å²) in [5.74, 6) is 5.62. The van der Waals surface area contributed by atoms with Crippen molar-refractivity contribution in [2.24, 2.45) is 0 Å². The fourth-order valence-corrected chi connectivity index (χ4v) is 3.86. The Morgan fingerprint density at radius 1 is 1.23 bits per heavy atom. The summed E-state index contributed by atoms with van der Waals surface area (Å²) in [4.78, 5) is 39.2. The van der Waals surface area contributed by atoms with Gasteiger partial charge in [-0.15, -0.1) is 0 Å². The molecule has 0 bridgehead atoms. The highest BCUT2D eigenvalue weighted by molar-refractivity contribution is 6.10. The number of ether oxygens (including phenoxy) is 1. The quantitative estimate of drug-likeness (QED) is 0.438. The lowest BCUT2D eigenvalue weighted by atomic mass is 9.98. The number of imide groups is 1. The molecule has 1 atom stereocenters. The molecule has 0 aliphatic carbocycles. The number of nitrogens with zero attached hydrogens (tertiary/aromatic N) is 2. The van der Waals surface area contributed by atoms with Crippen molar-refractivity contribution in [2.75, 3.05) is 13.7 Å². The SMILES string of the molecule is COc1ccc2c(c1)C(=O)N(C[C@@]1(C#Cc3cccc4cn[nH]c34)NC(=O)NC1=O)C2. The van der Waals surface area contributed by atoms with Crippen LogP contribution in [0.15, 0.2) is 42.6 Å². The van der Waals surface area contributed by atoms with Gasteiger partial charge in [-0.25, -0.2) is 4.79 Å². The van der Waals surface area contributed by atoms with Crippen LogP contribution in [0.25, 0.3) is 10.9 Å². The van der Waals surface area contributed by atoms with Crippen LogP contribution in [0.2, 0.25) is 0 Å².